The predicted molar refractivity (Wildman–Crippen MR) is 138 cm³/mol. The van der Waals surface area contributed by atoms with Crippen molar-refractivity contribution in [2.45, 2.75) is 52.2 Å². The molecule has 2 saturated heterocycles. The highest BCUT2D eigenvalue weighted by molar-refractivity contribution is 8.16. The normalized spacial score (nSPS) is 26.4. The fraction of sp³-hybridized carbons (Fsp3) is 0.500. The van der Waals surface area contributed by atoms with E-state index in [0.29, 0.717) is 11.9 Å². The molecule has 15 heteroatoms. The number of rotatable bonds is 9. The van der Waals surface area contributed by atoms with E-state index in [9.17, 15) is 19.2 Å². The molecule has 2 aliphatic heterocycles. The molecule has 37 heavy (non-hydrogen) atoms. The maximum atomic E-state index is 12.8. The third-order valence-corrected chi connectivity index (χ3v) is 9.16. The molecule has 5 atom stereocenters. The molecule has 2 heterocycles. The van der Waals surface area contributed by atoms with Gasteiger partial charge in [-0.25, -0.2) is 10.0 Å². The van der Waals surface area contributed by atoms with Crippen molar-refractivity contribution < 1.29 is 42.6 Å². The highest BCUT2D eigenvalue weighted by atomic mass is 32.4. The molecule has 1 aromatic rings. The van der Waals surface area contributed by atoms with Crippen LogP contribution in [-0.2, 0) is 54.5 Å². The summed E-state index contributed by atoms with van der Waals surface area (Å²) in [5.41, 5.74) is 0. The molecule has 0 bridgehead atoms. The van der Waals surface area contributed by atoms with E-state index in [1.165, 1.54) is 25.8 Å². The zero-order chi connectivity index (χ0) is 27.2. The minimum Gasteiger partial charge on any atom is -0.456 e. The van der Waals surface area contributed by atoms with Crippen LogP contribution in [0.4, 0.5) is 0 Å². The highest BCUT2D eigenvalue weighted by Gasteiger charge is 2.48. The maximum absolute atomic E-state index is 12.8. The zero-order valence-corrected chi connectivity index (χ0v) is 23.2. The van der Waals surface area contributed by atoms with Crippen LogP contribution in [0.3, 0.4) is 0 Å². The van der Waals surface area contributed by atoms with Crippen LogP contribution in [-0.4, -0.2) is 77.5 Å². The Morgan fingerprint density at radius 2 is 1.73 bits per heavy atom. The first-order chi connectivity index (χ1) is 17.5. The topological polar surface area (TPSA) is 142 Å². The second-order valence-electron chi connectivity index (χ2n) is 7.85. The van der Waals surface area contributed by atoms with Crippen LogP contribution < -0.4 is 10.5 Å². The fourth-order valence-corrected chi connectivity index (χ4v) is 7.15. The Hall–Kier alpha value is -2.35. The highest BCUT2D eigenvalue weighted by Crippen LogP contribution is 2.43. The summed E-state index contributed by atoms with van der Waals surface area (Å²) >= 11 is 6.95. The van der Waals surface area contributed by atoms with Crippen molar-refractivity contribution in [3.8, 4) is 0 Å². The van der Waals surface area contributed by atoms with Crippen molar-refractivity contribution in [1.29, 1.82) is 0 Å². The molecule has 1 amide bonds. The SMILES string of the molecule is CCOP(=S)(NN1C(=O)CS/C1=N/[C@@H]1OC[C@@H](OC(C)=O)[C@H](OC(C)=O)[C@H]1OC(C)=O)c1ccccc1. The maximum Gasteiger partial charge on any atom is 0.303 e. The number of esters is 3. The van der Waals surface area contributed by atoms with Crippen molar-refractivity contribution in [1.82, 2.24) is 10.2 Å². The molecule has 3 rings (SSSR count). The molecule has 202 valence electrons. The summed E-state index contributed by atoms with van der Waals surface area (Å²) in [6.45, 7) is 5.46. The number of carbonyl (C=O) groups excluding carboxylic acids is 4. The second kappa shape index (κ2) is 12.9. The number of nitrogens with zero attached hydrogens (tertiary/aromatic N) is 2. The Morgan fingerprint density at radius 3 is 2.32 bits per heavy atom. The third-order valence-electron chi connectivity index (χ3n) is 4.97. The van der Waals surface area contributed by atoms with Gasteiger partial charge in [-0.15, -0.1) is 0 Å². The number of hydrogen-bond donors (Lipinski definition) is 1. The second-order valence-corrected chi connectivity index (χ2v) is 12.4. The van der Waals surface area contributed by atoms with Gasteiger partial charge in [0.2, 0.25) is 0 Å². The first kappa shape index (κ1) is 29.2. The predicted octanol–water partition coefficient (Wildman–Crippen LogP) is 1.25. The molecule has 0 radical (unpaired) electrons. The van der Waals surface area contributed by atoms with Crippen molar-refractivity contribution >= 4 is 64.3 Å². The molecular weight excluding hydrogens is 545 g/mol. The molecular formula is C22H28N3O9PS2. The molecule has 0 saturated carbocycles. The lowest BCUT2D eigenvalue weighted by Gasteiger charge is -2.39. The molecule has 1 N–H and O–H groups in total. The van der Waals surface area contributed by atoms with Gasteiger partial charge in [-0.05, 0) is 18.7 Å². The summed E-state index contributed by atoms with van der Waals surface area (Å²) in [6.07, 6.45) is -7.55. The van der Waals surface area contributed by atoms with E-state index in [0.717, 1.165) is 11.8 Å². The van der Waals surface area contributed by atoms with Crippen molar-refractivity contribution in [2.24, 2.45) is 4.99 Å². The van der Waals surface area contributed by atoms with Gasteiger partial charge >= 0.3 is 17.9 Å². The smallest absolute Gasteiger partial charge is 0.303 e. The minimum absolute atomic E-state index is 0.0660. The van der Waals surface area contributed by atoms with Gasteiger partial charge in [0.05, 0.1) is 19.0 Å². The number of aliphatic imine (C=N–C) groups is 1. The van der Waals surface area contributed by atoms with Gasteiger partial charge in [0.25, 0.3) is 5.91 Å². The van der Waals surface area contributed by atoms with Gasteiger partial charge in [-0.2, -0.15) is 5.20 Å². The first-order valence-electron chi connectivity index (χ1n) is 11.3. The monoisotopic (exact) mass is 573 g/mol. The number of nitrogens with one attached hydrogen (secondary N) is 1. The lowest BCUT2D eigenvalue weighted by Crippen LogP contribution is -2.57. The Labute approximate surface area is 223 Å². The number of amides is 1. The molecule has 0 aromatic heterocycles. The molecule has 2 aliphatic rings. The largest absolute Gasteiger partial charge is 0.456 e. The summed E-state index contributed by atoms with van der Waals surface area (Å²) in [6, 6.07) is 9.11. The van der Waals surface area contributed by atoms with Crippen molar-refractivity contribution in [2.75, 3.05) is 19.0 Å². The lowest BCUT2D eigenvalue weighted by molar-refractivity contribution is -0.224. The van der Waals surface area contributed by atoms with Gasteiger partial charge in [0.1, 0.15) is 0 Å². The summed E-state index contributed by atoms with van der Waals surface area (Å²) in [5.74, 6) is -2.26. The van der Waals surface area contributed by atoms with Gasteiger partial charge in [-0.3, -0.25) is 19.2 Å². The number of hydrazine groups is 1. The van der Waals surface area contributed by atoms with Gasteiger partial charge < -0.3 is 23.5 Å². The molecule has 12 nitrogen and oxygen atoms in total. The number of amidine groups is 1. The van der Waals surface area contributed by atoms with Gasteiger partial charge in [0.15, 0.2) is 36.1 Å². The van der Waals surface area contributed by atoms with E-state index >= 15 is 0 Å². The first-order valence-corrected chi connectivity index (χ1v) is 15.0. The molecule has 2 fully saturated rings. The Bertz CT molecular complexity index is 1100. The number of hydrogen-bond acceptors (Lipinski definition) is 12. The number of carbonyl (C=O) groups is 4. The van der Waals surface area contributed by atoms with Crippen LogP contribution in [0.5, 0.6) is 0 Å². The molecule has 0 aliphatic carbocycles. The van der Waals surface area contributed by atoms with E-state index < -0.39 is 48.9 Å². The Morgan fingerprint density at radius 1 is 1.11 bits per heavy atom. The van der Waals surface area contributed by atoms with E-state index in [-0.39, 0.29) is 23.4 Å². The van der Waals surface area contributed by atoms with E-state index in [1.807, 2.05) is 30.3 Å². The fourth-order valence-electron chi connectivity index (χ4n) is 3.60. The van der Waals surface area contributed by atoms with Crippen molar-refractivity contribution in [3.05, 3.63) is 30.3 Å². The van der Waals surface area contributed by atoms with Gasteiger partial charge in [-0.1, -0.05) is 42.1 Å². The number of ether oxygens (including phenoxy) is 4. The van der Waals surface area contributed by atoms with Crippen LogP contribution >= 0.6 is 18.2 Å². The number of benzene rings is 1. The van der Waals surface area contributed by atoms with Crippen LogP contribution in [0.25, 0.3) is 0 Å². The van der Waals surface area contributed by atoms with E-state index in [4.69, 9.17) is 35.3 Å². The van der Waals surface area contributed by atoms with Crippen molar-refractivity contribution in [3.63, 3.8) is 0 Å². The molecule has 1 unspecified atom stereocenters. The van der Waals surface area contributed by atoms with Crippen LogP contribution in [0.15, 0.2) is 35.3 Å². The zero-order valence-electron chi connectivity index (χ0n) is 20.6. The van der Waals surface area contributed by atoms with E-state index in [2.05, 4.69) is 10.2 Å². The minimum atomic E-state index is -2.90. The van der Waals surface area contributed by atoms with E-state index in [1.54, 1.807) is 6.92 Å². The molecule has 1 aromatic carbocycles. The van der Waals surface area contributed by atoms with Crippen LogP contribution in [0.1, 0.15) is 27.7 Å². The average molecular weight is 574 g/mol. The Balaban J connectivity index is 1.94. The van der Waals surface area contributed by atoms with Gasteiger partial charge in [0, 0.05) is 26.1 Å². The summed E-state index contributed by atoms with van der Waals surface area (Å²) in [4.78, 5) is 52.6. The summed E-state index contributed by atoms with van der Waals surface area (Å²) < 4.78 is 27.6. The molecule has 0 spiro atoms. The number of thioether (sulfide) groups is 1. The van der Waals surface area contributed by atoms with Crippen LogP contribution in [0, 0.1) is 0 Å². The lowest BCUT2D eigenvalue weighted by atomic mass is 10.0. The Kier molecular flexibility index (Phi) is 10.2. The average Bonchev–Trinajstić information content (AvgIpc) is 3.16. The standard InChI is InChI=1S/C22H28N3O9PS2/c1-5-31-35(36,16-9-7-6-8-10-16)24-25-18(29)12-37-22(25)23-21-20(34-15(4)28)19(33-14(3)27)17(11-30-21)32-13(2)26/h6-10,17,19-21H,5,11-12H2,1-4H3,(H,24,36)/b23-22+/t17-,19+,20-,21-,35?/m1/s1. The third kappa shape index (κ3) is 7.59. The van der Waals surface area contributed by atoms with Crippen LogP contribution in [0.2, 0.25) is 0 Å². The quantitative estimate of drug-likeness (QED) is 0.258. The summed E-state index contributed by atoms with van der Waals surface area (Å²) in [5, 5.41) is 5.17. The summed E-state index contributed by atoms with van der Waals surface area (Å²) in [7, 11) is 0.